The van der Waals surface area contributed by atoms with Crippen molar-refractivity contribution in [2.24, 2.45) is 22.7 Å². The minimum atomic E-state index is 0.240. The smallest absolute Gasteiger partial charge is 0.191 e. The first-order chi connectivity index (χ1) is 11.0. The standard InChI is InChI=1S/C18H39N3O2/c1-6-19-18(20-9-7-11-23-14-16(4)5)21-13-17(8-10-22)12-15(2)3/h15-17,22H,6-14H2,1-5H3,(H2,19,20,21). The van der Waals surface area contributed by atoms with Crippen LogP contribution in [0.1, 0.15) is 53.9 Å². The third-order valence-electron chi connectivity index (χ3n) is 3.40. The number of hydrogen-bond donors (Lipinski definition) is 3. The van der Waals surface area contributed by atoms with Gasteiger partial charge >= 0.3 is 0 Å². The number of rotatable bonds is 13. The Morgan fingerprint density at radius 1 is 1.13 bits per heavy atom. The van der Waals surface area contributed by atoms with Crippen molar-refractivity contribution in [1.29, 1.82) is 0 Å². The van der Waals surface area contributed by atoms with Crippen LogP contribution in [0.15, 0.2) is 4.99 Å². The van der Waals surface area contributed by atoms with Gasteiger partial charge in [-0.2, -0.15) is 0 Å². The van der Waals surface area contributed by atoms with E-state index in [0.29, 0.717) is 17.8 Å². The molecule has 5 nitrogen and oxygen atoms in total. The molecule has 1 atom stereocenters. The third kappa shape index (κ3) is 14.5. The van der Waals surface area contributed by atoms with Crippen LogP contribution in [-0.2, 0) is 4.74 Å². The molecule has 0 radical (unpaired) electrons. The molecule has 0 bridgehead atoms. The summed E-state index contributed by atoms with van der Waals surface area (Å²) in [7, 11) is 0. The number of nitrogens with zero attached hydrogens (tertiary/aromatic N) is 1. The van der Waals surface area contributed by atoms with Crippen LogP contribution < -0.4 is 10.6 Å². The number of aliphatic imine (C=N–C) groups is 1. The van der Waals surface area contributed by atoms with Crippen LogP contribution in [0.2, 0.25) is 0 Å². The zero-order valence-electron chi connectivity index (χ0n) is 15.9. The fourth-order valence-corrected chi connectivity index (χ4v) is 2.40. The summed E-state index contributed by atoms with van der Waals surface area (Å²) in [5.41, 5.74) is 0. The van der Waals surface area contributed by atoms with Gasteiger partial charge in [0.05, 0.1) is 0 Å². The molecule has 0 aromatic rings. The predicted octanol–water partition coefficient (Wildman–Crippen LogP) is 2.65. The van der Waals surface area contributed by atoms with Crippen LogP contribution in [0.4, 0.5) is 0 Å². The molecule has 0 aliphatic heterocycles. The molecule has 0 aliphatic rings. The fraction of sp³-hybridized carbons (Fsp3) is 0.944. The average molecular weight is 330 g/mol. The second kappa shape index (κ2) is 14.8. The number of aliphatic hydroxyl groups is 1. The Balaban J connectivity index is 4.14. The third-order valence-corrected chi connectivity index (χ3v) is 3.40. The highest BCUT2D eigenvalue weighted by Crippen LogP contribution is 2.15. The molecule has 0 fully saturated rings. The highest BCUT2D eigenvalue weighted by atomic mass is 16.5. The molecule has 0 amide bonds. The molecule has 0 rings (SSSR count). The van der Waals surface area contributed by atoms with E-state index in [9.17, 15) is 5.11 Å². The molecule has 0 heterocycles. The number of hydrogen-bond acceptors (Lipinski definition) is 3. The Kier molecular flexibility index (Phi) is 14.2. The van der Waals surface area contributed by atoms with Gasteiger partial charge in [0.2, 0.25) is 0 Å². The molecule has 0 aromatic heterocycles. The normalized spacial score (nSPS) is 13.7. The molecule has 1 unspecified atom stereocenters. The minimum absolute atomic E-state index is 0.240. The molecule has 0 spiro atoms. The SMILES string of the molecule is CCNC(=NCC(CCO)CC(C)C)NCCCOCC(C)C. The van der Waals surface area contributed by atoms with Crippen molar-refractivity contribution in [2.75, 3.05) is 39.5 Å². The maximum atomic E-state index is 9.19. The first kappa shape index (κ1) is 22.2. The summed E-state index contributed by atoms with van der Waals surface area (Å²) in [5, 5.41) is 15.8. The number of ether oxygens (including phenoxy) is 1. The Morgan fingerprint density at radius 3 is 2.43 bits per heavy atom. The van der Waals surface area contributed by atoms with Gasteiger partial charge in [-0.3, -0.25) is 4.99 Å². The van der Waals surface area contributed by atoms with Gasteiger partial charge in [0, 0.05) is 39.5 Å². The predicted molar refractivity (Wildman–Crippen MR) is 98.9 cm³/mol. The molecule has 138 valence electrons. The molecule has 23 heavy (non-hydrogen) atoms. The monoisotopic (exact) mass is 329 g/mol. The Bertz CT molecular complexity index is 294. The maximum Gasteiger partial charge on any atom is 0.191 e. The van der Waals surface area contributed by atoms with E-state index in [1.807, 2.05) is 0 Å². The van der Waals surface area contributed by atoms with Crippen LogP contribution in [0, 0.1) is 17.8 Å². The minimum Gasteiger partial charge on any atom is -0.396 e. The fourth-order valence-electron chi connectivity index (χ4n) is 2.40. The second-order valence-corrected chi connectivity index (χ2v) is 6.98. The molecular formula is C18H39N3O2. The lowest BCUT2D eigenvalue weighted by atomic mass is 9.94. The molecular weight excluding hydrogens is 290 g/mol. The number of nitrogens with one attached hydrogen (secondary N) is 2. The van der Waals surface area contributed by atoms with Crippen LogP contribution in [0.3, 0.4) is 0 Å². The van der Waals surface area contributed by atoms with E-state index in [1.165, 1.54) is 0 Å². The van der Waals surface area contributed by atoms with Gasteiger partial charge in [-0.15, -0.1) is 0 Å². The highest BCUT2D eigenvalue weighted by molar-refractivity contribution is 5.79. The van der Waals surface area contributed by atoms with E-state index in [-0.39, 0.29) is 6.61 Å². The average Bonchev–Trinajstić information content (AvgIpc) is 2.47. The highest BCUT2D eigenvalue weighted by Gasteiger charge is 2.10. The van der Waals surface area contributed by atoms with E-state index in [4.69, 9.17) is 4.74 Å². The lowest BCUT2D eigenvalue weighted by Gasteiger charge is -2.17. The van der Waals surface area contributed by atoms with Gasteiger partial charge in [-0.1, -0.05) is 27.7 Å². The summed E-state index contributed by atoms with van der Waals surface area (Å²) in [6.45, 7) is 15.1. The van der Waals surface area contributed by atoms with Crippen LogP contribution in [0.25, 0.3) is 0 Å². The van der Waals surface area contributed by atoms with Crippen molar-refractivity contribution in [1.82, 2.24) is 10.6 Å². The topological polar surface area (TPSA) is 65.9 Å². The Morgan fingerprint density at radius 2 is 1.87 bits per heavy atom. The van der Waals surface area contributed by atoms with Gasteiger partial charge in [0.15, 0.2) is 5.96 Å². The van der Waals surface area contributed by atoms with Crippen LogP contribution in [0.5, 0.6) is 0 Å². The van der Waals surface area contributed by atoms with Crippen molar-refractivity contribution >= 4 is 5.96 Å². The molecule has 5 heteroatoms. The summed E-state index contributed by atoms with van der Waals surface area (Å²) in [6, 6.07) is 0. The van der Waals surface area contributed by atoms with Crippen molar-refractivity contribution in [3.63, 3.8) is 0 Å². The summed E-state index contributed by atoms with van der Waals surface area (Å²) in [4.78, 5) is 4.67. The summed E-state index contributed by atoms with van der Waals surface area (Å²) >= 11 is 0. The van der Waals surface area contributed by atoms with Crippen molar-refractivity contribution in [3.05, 3.63) is 0 Å². The van der Waals surface area contributed by atoms with E-state index in [2.05, 4.69) is 50.2 Å². The van der Waals surface area contributed by atoms with Gasteiger partial charge in [0.25, 0.3) is 0 Å². The van der Waals surface area contributed by atoms with Gasteiger partial charge in [-0.25, -0.2) is 0 Å². The Hall–Kier alpha value is -0.810. The van der Waals surface area contributed by atoms with E-state index in [1.54, 1.807) is 0 Å². The zero-order valence-corrected chi connectivity index (χ0v) is 15.9. The van der Waals surface area contributed by atoms with Crippen molar-refractivity contribution in [3.8, 4) is 0 Å². The van der Waals surface area contributed by atoms with Crippen LogP contribution in [-0.4, -0.2) is 50.5 Å². The zero-order chi connectivity index (χ0) is 17.5. The number of aliphatic hydroxyl groups excluding tert-OH is 1. The lowest BCUT2D eigenvalue weighted by Crippen LogP contribution is -2.38. The molecule has 3 N–H and O–H groups in total. The van der Waals surface area contributed by atoms with E-state index < -0.39 is 0 Å². The maximum absolute atomic E-state index is 9.19. The first-order valence-electron chi connectivity index (χ1n) is 9.20. The van der Waals surface area contributed by atoms with Crippen molar-refractivity contribution < 1.29 is 9.84 Å². The van der Waals surface area contributed by atoms with Gasteiger partial charge in [-0.05, 0) is 43.9 Å². The summed E-state index contributed by atoms with van der Waals surface area (Å²) in [5.74, 6) is 2.54. The van der Waals surface area contributed by atoms with Gasteiger partial charge < -0.3 is 20.5 Å². The van der Waals surface area contributed by atoms with Gasteiger partial charge in [0.1, 0.15) is 0 Å². The van der Waals surface area contributed by atoms with E-state index >= 15 is 0 Å². The summed E-state index contributed by atoms with van der Waals surface area (Å²) in [6.07, 6.45) is 2.90. The van der Waals surface area contributed by atoms with Crippen LogP contribution >= 0.6 is 0 Å². The molecule has 0 saturated heterocycles. The number of guanidine groups is 1. The van der Waals surface area contributed by atoms with E-state index in [0.717, 1.165) is 58.1 Å². The molecule has 0 aliphatic carbocycles. The Labute approximate surface area is 143 Å². The quantitative estimate of drug-likeness (QED) is 0.276. The van der Waals surface area contributed by atoms with Crippen molar-refractivity contribution in [2.45, 2.75) is 53.9 Å². The first-order valence-corrected chi connectivity index (χ1v) is 9.20. The summed E-state index contributed by atoms with van der Waals surface area (Å²) < 4.78 is 5.58. The molecule has 0 aromatic carbocycles. The lowest BCUT2D eigenvalue weighted by molar-refractivity contribution is 0.108. The largest absolute Gasteiger partial charge is 0.396 e. The molecule has 0 saturated carbocycles. The second-order valence-electron chi connectivity index (χ2n) is 6.98.